The van der Waals surface area contributed by atoms with Gasteiger partial charge in [0.25, 0.3) is 0 Å². The van der Waals surface area contributed by atoms with E-state index >= 15 is 0 Å². The Morgan fingerprint density at radius 2 is 2.30 bits per heavy atom. The normalized spacial score (nSPS) is 22.4. The predicted molar refractivity (Wildman–Crippen MR) is 87.2 cm³/mol. The van der Waals surface area contributed by atoms with E-state index in [9.17, 15) is 4.79 Å². The second-order valence-electron chi connectivity index (χ2n) is 7.05. The molecular formula is C18H26N2O3. The van der Waals surface area contributed by atoms with Crippen LogP contribution >= 0.6 is 0 Å². The van der Waals surface area contributed by atoms with Crippen LogP contribution in [-0.2, 0) is 9.53 Å². The van der Waals surface area contributed by atoms with Crippen molar-refractivity contribution in [2.45, 2.75) is 38.7 Å². The van der Waals surface area contributed by atoms with E-state index in [1.807, 2.05) is 23.1 Å². The minimum atomic E-state index is -0.125. The maximum absolute atomic E-state index is 12.1. The summed E-state index contributed by atoms with van der Waals surface area (Å²) in [5.41, 5.74) is -0.125. The SMILES string of the molecule is CC(C)CC(=O)N1CC2(C1)OCCC2CCOc1ccccn1. The summed E-state index contributed by atoms with van der Waals surface area (Å²) in [5.74, 6) is 1.80. The van der Waals surface area contributed by atoms with E-state index in [4.69, 9.17) is 9.47 Å². The fraction of sp³-hybridized carbons (Fsp3) is 0.667. The van der Waals surface area contributed by atoms with E-state index in [2.05, 4.69) is 18.8 Å². The first kappa shape index (κ1) is 16.2. The number of rotatable bonds is 6. The number of amides is 1. The molecule has 1 atom stereocenters. The number of nitrogens with zero attached hydrogens (tertiary/aromatic N) is 2. The Morgan fingerprint density at radius 3 is 3.00 bits per heavy atom. The molecule has 5 nitrogen and oxygen atoms in total. The molecule has 0 aliphatic carbocycles. The van der Waals surface area contributed by atoms with Crippen molar-refractivity contribution in [1.82, 2.24) is 9.88 Å². The summed E-state index contributed by atoms with van der Waals surface area (Å²) < 4.78 is 11.7. The highest BCUT2D eigenvalue weighted by molar-refractivity contribution is 5.77. The largest absolute Gasteiger partial charge is 0.478 e. The van der Waals surface area contributed by atoms with Crippen molar-refractivity contribution in [1.29, 1.82) is 0 Å². The number of aromatic nitrogens is 1. The van der Waals surface area contributed by atoms with Crippen LogP contribution in [0.4, 0.5) is 0 Å². The molecule has 0 radical (unpaired) electrons. The molecule has 126 valence electrons. The summed E-state index contributed by atoms with van der Waals surface area (Å²) in [4.78, 5) is 18.2. The summed E-state index contributed by atoms with van der Waals surface area (Å²) in [6.45, 7) is 7.08. The number of carbonyl (C=O) groups excluding carboxylic acids is 1. The monoisotopic (exact) mass is 318 g/mol. The Kier molecular flexibility index (Phi) is 4.85. The van der Waals surface area contributed by atoms with Gasteiger partial charge in [0.1, 0.15) is 5.60 Å². The number of hydrogen-bond donors (Lipinski definition) is 0. The van der Waals surface area contributed by atoms with E-state index in [0.717, 1.165) is 32.5 Å². The zero-order valence-electron chi connectivity index (χ0n) is 14.0. The topological polar surface area (TPSA) is 51.7 Å². The van der Waals surface area contributed by atoms with Crippen molar-refractivity contribution in [2.24, 2.45) is 11.8 Å². The molecule has 1 spiro atoms. The molecule has 2 aliphatic rings. The lowest BCUT2D eigenvalue weighted by atomic mass is 9.79. The average molecular weight is 318 g/mol. The summed E-state index contributed by atoms with van der Waals surface area (Å²) >= 11 is 0. The Labute approximate surface area is 138 Å². The van der Waals surface area contributed by atoms with Gasteiger partial charge in [0, 0.05) is 25.3 Å². The maximum Gasteiger partial charge on any atom is 0.223 e. The second kappa shape index (κ2) is 6.87. The molecular weight excluding hydrogens is 292 g/mol. The van der Waals surface area contributed by atoms with Crippen LogP contribution in [-0.4, -0.2) is 47.7 Å². The van der Waals surface area contributed by atoms with E-state index in [1.165, 1.54) is 0 Å². The lowest BCUT2D eigenvalue weighted by molar-refractivity contribution is -0.166. The van der Waals surface area contributed by atoms with E-state index in [0.29, 0.717) is 30.7 Å². The molecule has 1 aromatic heterocycles. The number of likely N-dealkylation sites (tertiary alicyclic amines) is 1. The van der Waals surface area contributed by atoms with Gasteiger partial charge in [-0.3, -0.25) is 4.79 Å². The predicted octanol–water partition coefficient (Wildman–Crippen LogP) is 2.51. The van der Waals surface area contributed by atoms with Crippen molar-refractivity contribution in [3.05, 3.63) is 24.4 Å². The summed E-state index contributed by atoms with van der Waals surface area (Å²) in [6, 6.07) is 5.67. The highest BCUT2D eigenvalue weighted by atomic mass is 16.5. The molecule has 3 heterocycles. The quantitative estimate of drug-likeness (QED) is 0.809. The Hall–Kier alpha value is -1.62. The van der Waals surface area contributed by atoms with Gasteiger partial charge in [-0.2, -0.15) is 0 Å². The Balaban J connectivity index is 1.46. The van der Waals surface area contributed by atoms with Gasteiger partial charge in [-0.1, -0.05) is 19.9 Å². The van der Waals surface area contributed by atoms with Gasteiger partial charge in [-0.25, -0.2) is 4.98 Å². The first-order chi connectivity index (χ1) is 11.1. The number of hydrogen-bond acceptors (Lipinski definition) is 4. The number of carbonyl (C=O) groups is 1. The molecule has 2 saturated heterocycles. The Bertz CT molecular complexity index is 526. The molecule has 0 saturated carbocycles. The molecule has 0 N–H and O–H groups in total. The van der Waals surface area contributed by atoms with Gasteiger partial charge in [0.15, 0.2) is 0 Å². The van der Waals surface area contributed by atoms with Crippen molar-refractivity contribution in [3.63, 3.8) is 0 Å². The first-order valence-electron chi connectivity index (χ1n) is 8.55. The van der Waals surface area contributed by atoms with Crippen LogP contribution < -0.4 is 4.74 Å². The van der Waals surface area contributed by atoms with E-state index < -0.39 is 0 Å². The molecule has 0 aromatic carbocycles. The van der Waals surface area contributed by atoms with Crippen LogP contribution in [0.2, 0.25) is 0 Å². The van der Waals surface area contributed by atoms with Gasteiger partial charge < -0.3 is 14.4 Å². The zero-order chi connectivity index (χ0) is 16.3. The summed E-state index contributed by atoms with van der Waals surface area (Å²) in [6.07, 6.45) is 4.36. The standard InChI is InChI=1S/C18H26N2O3/c1-14(2)11-17(21)20-12-18(13-20)15(7-10-23-18)6-9-22-16-5-3-4-8-19-16/h3-5,8,14-15H,6-7,9-13H2,1-2H3. The second-order valence-corrected chi connectivity index (χ2v) is 7.05. The molecule has 1 aromatic rings. The minimum Gasteiger partial charge on any atom is -0.478 e. The third-order valence-electron chi connectivity index (χ3n) is 4.81. The van der Waals surface area contributed by atoms with Crippen LogP contribution in [0.15, 0.2) is 24.4 Å². The van der Waals surface area contributed by atoms with Crippen molar-refractivity contribution in [3.8, 4) is 5.88 Å². The Morgan fingerprint density at radius 1 is 1.48 bits per heavy atom. The van der Waals surface area contributed by atoms with Gasteiger partial charge in [-0.15, -0.1) is 0 Å². The van der Waals surface area contributed by atoms with Crippen LogP contribution in [0, 0.1) is 11.8 Å². The average Bonchev–Trinajstić information content (AvgIpc) is 2.90. The van der Waals surface area contributed by atoms with E-state index in [-0.39, 0.29) is 11.5 Å². The molecule has 23 heavy (non-hydrogen) atoms. The van der Waals surface area contributed by atoms with Gasteiger partial charge in [-0.05, 0) is 30.7 Å². The number of pyridine rings is 1. The molecule has 1 unspecified atom stereocenters. The van der Waals surface area contributed by atoms with E-state index in [1.54, 1.807) is 6.20 Å². The smallest absolute Gasteiger partial charge is 0.223 e. The van der Waals surface area contributed by atoms with Gasteiger partial charge >= 0.3 is 0 Å². The zero-order valence-corrected chi connectivity index (χ0v) is 14.0. The lowest BCUT2D eigenvalue weighted by Crippen LogP contribution is -2.66. The molecule has 2 aliphatic heterocycles. The van der Waals surface area contributed by atoms with Crippen LogP contribution in [0.1, 0.15) is 33.1 Å². The fourth-order valence-corrected chi connectivity index (χ4v) is 3.53. The third kappa shape index (κ3) is 3.66. The highest BCUT2D eigenvalue weighted by Crippen LogP contribution is 2.42. The third-order valence-corrected chi connectivity index (χ3v) is 4.81. The maximum atomic E-state index is 12.1. The lowest BCUT2D eigenvalue weighted by Gasteiger charge is -2.50. The summed E-state index contributed by atoms with van der Waals surface area (Å²) in [5, 5.41) is 0. The van der Waals surface area contributed by atoms with Gasteiger partial charge in [0.05, 0.1) is 19.7 Å². The molecule has 2 fully saturated rings. The molecule has 5 heteroatoms. The molecule has 3 rings (SSSR count). The van der Waals surface area contributed by atoms with Crippen molar-refractivity contribution >= 4 is 5.91 Å². The molecule has 1 amide bonds. The van der Waals surface area contributed by atoms with Crippen molar-refractivity contribution in [2.75, 3.05) is 26.3 Å². The van der Waals surface area contributed by atoms with Crippen LogP contribution in [0.5, 0.6) is 5.88 Å². The van der Waals surface area contributed by atoms with Crippen molar-refractivity contribution < 1.29 is 14.3 Å². The fourth-order valence-electron chi connectivity index (χ4n) is 3.53. The molecule has 0 bridgehead atoms. The first-order valence-corrected chi connectivity index (χ1v) is 8.55. The summed E-state index contributed by atoms with van der Waals surface area (Å²) in [7, 11) is 0. The highest BCUT2D eigenvalue weighted by Gasteiger charge is 2.53. The van der Waals surface area contributed by atoms with Crippen LogP contribution in [0.3, 0.4) is 0 Å². The number of ether oxygens (including phenoxy) is 2. The minimum absolute atomic E-state index is 0.125. The van der Waals surface area contributed by atoms with Gasteiger partial charge in [0.2, 0.25) is 11.8 Å². The van der Waals surface area contributed by atoms with Crippen LogP contribution in [0.25, 0.3) is 0 Å².